The van der Waals surface area contributed by atoms with E-state index in [1.807, 2.05) is 36.1 Å². The van der Waals surface area contributed by atoms with E-state index in [0.29, 0.717) is 39.3 Å². The summed E-state index contributed by atoms with van der Waals surface area (Å²) >= 11 is 0. The summed E-state index contributed by atoms with van der Waals surface area (Å²) in [6, 6.07) is 7.28. The first-order valence-electron chi connectivity index (χ1n) is 7.46. The zero-order valence-corrected chi connectivity index (χ0v) is 12.2. The van der Waals surface area contributed by atoms with Crippen LogP contribution in [0, 0.1) is 0 Å². The first-order valence-corrected chi connectivity index (χ1v) is 7.46. The molecule has 112 valence electrons. The van der Waals surface area contributed by atoms with E-state index in [-0.39, 0.29) is 11.8 Å². The third kappa shape index (κ3) is 2.53. The summed E-state index contributed by atoms with van der Waals surface area (Å²) in [5.74, 6) is 0.0449. The van der Waals surface area contributed by atoms with Gasteiger partial charge in [0.1, 0.15) is 6.04 Å². The van der Waals surface area contributed by atoms with Crippen molar-refractivity contribution in [3.05, 3.63) is 35.4 Å². The van der Waals surface area contributed by atoms with Gasteiger partial charge in [-0.2, -0.15) is 0 Å². The lowest BCUT2D eigenvalue weighted by atomic mass is 9.91. The first kappa shape index (κ1) is 14.1. The topological polar surface area (TPSA) is 49.9 Å². The average Bonchev–Trinajstić information content (AvgIpc) is 2.53. The Morgan fingerprint density at radius 2 is 2.00 bits per heavy atom. The van der Waals surface area contributed by atoms with Gasteiger partial charge in [-0.3, -0.25) is 9.59 Å². The van der Waals surface area contributed by atoms with Crippen molar-refractivity contribution in [2.45, 2.75) is 19.4 Å². The molecule has 21 heavy (non-hydrogen) atoms. The van der Waals surface area contributed by atoms with Gasteiger partial charge in [0.25, 0.3) is 0 Å². The van der Waals surface area contributed by atoms with Gasteiger partial charge < -0.3 is 14.5 Å². The number of hydrogen-bond donors (Lipinski definition) is 0. The van der Waals surface area contributed by atoms with Crippen LogP contribution in [-0.2, 0) is 20.7 Å². The monoisotopic (exact) mass is 288 g/mol. The number of likely N-dealkylation sites (N-methyl/N-ethyl adjacent to an activating group) is 1. The minimum absolute atomic E-state index is 0.0145. The molecule has 0 radical (unpaired) electrons. The highest BCUT2D eigenvalue weighted by Crippen LogP contribution is 2.31. The number of ether oxygens (including phenoxy) is 1. The molecule has 1 atom stereocenters. The molecule has 0 bridgehead atoms. The molecule has 5 heteroatoms. The minimum atomic E-state index is -0.481. The Morgan fingerprint density at radius 1 is 1.29 bits per heavy atom. The van der Waals surface area contributed by atoms with Gasteiger partial charge in [0.2, 0.25) is 11.8 Å². The van der Waals surface area contributed by atoms with Crippen molar-refractivity contribution in [2.24, 2.45) is 0 Å². The van der Waals surface area contributed by atoms with Gasteiger partial charge in [0, 0.05) is 19.6 Å². The van der Waals surface area contributed by atoms with Crippen molar-refractivity contribution in [1.82, 2.24) is 9.80 Å². The number of carbonyl (C=O) groups is 2. The van der Waals surface area contributed by atoms with Crippen molar-refractivity contribution in [3.8, 4) is 0 Å². The molecule has 1 saturated heterocycles. The van der Waals surface area contributed by atoms with Gasteiger partial charge in [0.05, 0.1) is 19.6 Å². The Balaban J connectivity index is 1.96. The number of nitrogens with zero attached hydrogens (tertiary/aromatic N) is 2. The summed E-state index contributed by atoms with van der Waals surface area (Å²) in [7, 11) is 0. The first-order chi connectivity index (χ1) is 10.2. The van der Waals surface area contributed by atoms with E-state index in [1.54, 1.807) is 4.90 Å². The lowest BCUT2D eigenvalue weighted by Crippen LogP contribution is -2.51. The van der Waals surface area contributed by atoms with Crippen molar-refractivity contribution in [2.75, 3.05) is 32.8 Å². The number of amides is 2. The van der Waals surface area contributed by atoms with E-state index < -0.39 is 6.04 Å². The minimum Gasteiger partial charge on any atom is -0.378 e. The van der Waals surface area contributed by atoms with Gasteiger partial charge >= 0.3 is 0 Å². The maximum absolute atomic E-state index is 12.9. The molecule has 0 N–H and O–H groups in total. The standard InChI is InChI=1S/C16H20N2O3/c1-2-18-14(19)11-12-5-3-4-6-13(12)15(18)16(20)17-7-9-21-10-8-17/h3-6,15H,2,7-11H2,1H3. The number of benzene rings is 1. The van der Waals surface area contributed by atoms with Crippen molar-refractivity contribution in [3.63, 3.8) is 0 Å². The maximum Gasteiger partial charge on any atom is 0.250 e. The molecule has 2 amide bonds. The lowest BCUT2D eigenvalue weighted by molar-refractivity contribution is -0.149. The number of carbonyl (C=O) groups excluding carboxylic acids is 2. The highest BCUT2D eigenvalue weighted by Gasteiger charge is 2.38. The molecule has 0 spiro atoms. The second-order valence-electron chi connectivity index (χ2n) is 5.40. The van der Waals surface area contributed by atoms with Crippen LogP contribution in [0.25, 0.3) is 0 Å². The fraction of sp³-hybridized carbons (Fsp3) is 0.500. The molecule has 0 aromatic heterocycles. The number of rotatable bonds is 2. The summed E-state index contributed by atoms with van der Waals surface area (Å²) in [4.78, 5) is 28.7. The average molecular weight is 288 g/mol. The molecule has 1 unspecified atom stereocenters. The number of morpholine rings is 1. The largest absolute Gasteiger partial charge is 0.378 e. The zero-order chi connectivity index (χ0) is 14.8. The Morgan fingerprint density at radius 3 is 2.71 bits per heavy atom. The van der Waals surface area contributed by atoms with Crippen LogP contribution in [0.4, 0.5) is 0 Å². The molecule has 0 saturated carbocycles. The third-order valence-corrected chi connectivity index (χ3v) is 4.22. The predicted octanol–water partition coefficient (Wildman–Crippen LogP) is 0.991. The molecular weight excluding hydrogens is 268 g/mol. The van der Waals surface area contributed by atoms with Crippen molar-refractivity contribution >= 4 is 11.8 Å². The van der Waals surface area contributed by atoms with Gasteiger partial charge in [-0.25, -0.2) is 0 Å². The Hall–Kier alpha value is -1.88. The van der Waals surface area contributed by atoms with Crippen LogP contribution in [-0.4, -0.2) is 54.5 Å². The summed E-state index contributed by atoms with van der Waals surface area (Å²) in [5, 5.41) is 0. The molecule has 1 fully saturated rings. The van der Waals surface area contributed by atoms with Crippen LogP contribution < -0.4 is 0 Å². The highest BCUT2D eigenvalue weighted by molar-refractivity contribution is 5.92. The van der Waals surface area contributed by atoms with Gasteiger partial charge in [-0.05, 0) is 18.1 Å². The Labute approximate surface area is 124 Å². The lowest BCUT2D eigenvalue weighted by Gasteiger charge is -2.39. The summed E-state index contributed by atoms with van der Waals surface area (Å²) in [6.07, 6.45) is 0.386. The van der Waals surface area contributed by atoms with Crippen LogP contribution in [0.15, 0.2) is 24.3 Å². The second-order valence-corrected chi connectivity index (χ2v) is 5.40. The van der Waals surface area contributed by atoms with Crippen LogP contribution >= 0.6 is 0 Å². The SMILES string of the molecule is CCN1C(=O)Cc2ccccc2C1C(=O)N1CCOCC1. The summed E-state index contributed by atoms with van der Waals surface area (Å²) in [5.41, 5.74) is 1.94. The van der Waals surface area contributed by atoms with Gasteiger partial charge in [-0.1, -0.05) is 24.3 Å². The van der Waals surface area contributed by atoms with Crippen LogP contribution in [0.2, 0.25) is 0 Å². The smallest absolute Gasteiger partial charge is 0.250 e. The molecule has 2 aliphatic heterocycles. The maximum atomic E-state index is 12.9. The molecule has 1 aromatic rings. The second kappa shape index (κ2) is 5.85. The van der Waals surface area contributed by atoms with E-state index >= 15 is 0 Å². The molecule has 1 aromatic carbocycles. The zero-order valence-electron chi connectivity index (χ0n) is 12.2. The molecule has 0 aliphatic carbocycles. The fourth-order valence-electron chi connectivity index (χ4n) is 3.12. The van der Waals surface area contributed by atoms with E-state index in [4.69, 9.17) is 4.74 Å². The highest BCUT2D eigenvalue weighted by atomic mass is 16.5. The third-order valence-electron chi connectivity index (χ3n) is 4.22. The molecule has 2 heterocycles. The van der Waals surface area contributed by atoms with E-state index in [2.05, 4.69) is 0 Å². The Kier molecular flexibility index (Phi) is 3.92. The number of fused-ring (bicyclic) bond motifs is 1. The Bertz CT molecular complexity index is 552. The number of hydrogen-bond acceptors (Lipinski definition) is 3. The fourth-order valence-corrected chi connectivity index (χ4v) is 3.12. The normalized spacial score (nSPS) is 22.1. The van der Waals surface area contributed by atoms with Crippen LogP contribution in [0.1, 0.15) is 24.1 Å². The molecule has 3 rings (SSSR count). The van der Waals surface area contributed by atoms with Crippen molar-refractivity contribution in [1.29, 1.82) is 0 Å². The molecular formula is C16H20N2O3. The van der Waals surface area contributed by atoms with Crippen molar-refractivity contribution < 1.29 is 14.3 Å². The van der Waals surface area contributed by atoms with Crippen LogP contribution in [0.3, 0.4) is 0 Å². The summed E-state index contributed by atoms with van der Waals surface area (Å²) < 4.78 is 5.31. The van der Waals surface area contributed by atoms with Gasteiger partial charge in [0.15, 0.2) is 0 Å². The summed E-state index contributed by atoms with van der Waals surface area (Å²) in [6.45, 7) is 4.81. The van der Waals surface area contributed by atoms with E-state index in [0.717, 1.165) is 11.1 Å². The van der Waals surface area contributed by atoms with Gasteiger partial charge in [-0.15, -0.1) is 0 Å². The molecule has 5 nitrogen and oxygen atoms in total. The van der Waals surface area contributed by atoms with E-state index in [1.165, 1.54) is 0 Å². The molecule has 2 aliphatic rings. The van der Waals surface area contributed by atoms with Crippen LogP contribution in [0.5, 0.6) is 0 Å². The predicted molar refractivity (Wildman–Crippen MR) is 77.7 cm³/mol. The van der Waals surface area contributed by atoms with E-state index in [9.17, 15) is 9.59 Å². The quantitative estimate of drug-likeness (QED) is 0.815.